The first-order valence-corrected chi connectivity index (χ1v) is 4.08. The zero-order chi connectivity index (χ0) is 9.68. The predicted octanol–water partition coefficient (Wildman–Crippen LogP) is 1.28. The van der Waals surface area contributed by atoms with Crippen molar-refractivity contribution in [1.29, 1.82) is 0 Å². The Labute approximate surface area is 76.6 Å². The van der Waals surface area contributed by atoms with Crippen molar-refractivity contribution in [1.82, 2.24) is 10.3 Å². The molecule has 0 aliphatic heterocycles. The summed E-state index contributed by atoms with van der Waals surface area (Å²) >= 11 is 0. The molecule has 1 rings (SSSR count). The summed E-state index contributed by atoms with van der Waals surface area (Å²) in [4.78, 5) is 14.4. The predicted molar refractivity (Wildman–Crippen MR) is 48.6 cm³/mol. The number of aromatic nitrogens is 1. The maximum absolute atomic E-state index is 10.3. The lowest BCUT2D eigenvalue weighted by atomic mass is 10.2. The molecule has 1 aromatic heterocycles. The maximum atomic E-state index is 10.3. The van der Waals surface area contributed by atoms with Gasteiger partial charge in [0.2, 0.25) is 0 Å². The highest BCUT2D eigenvalue weighted by molar-refractivity contribution is 5.64. The zero-order valence-electron chi connectivity index (χ0n) is 7.40. The van der Waals surface area contributed by atoms with Crippen LogP contribution in [0.25, 0.3) is 0 Å². The molecule has 2 N–H and O–H groups in total. The van der Waals surface area contributed by atoms with E-state index in [1.807, 2.05) is 25.1 Å². The Bertz CT molecular complexity index is 274. The summed E-state index contributed by atoms with van der Waals surface area (Å²) in [6, 6.07) is 5.49. The van der Waals surface area contributed by atoms with Crippen molar-refractivity contribution in [2.75, 3.05) is 0 Å². The maximum Gasteiger partial charge on any atom is 0.404 e. The van der Waals surface area contributed by atoms with E-state index < -0.39 is 6.09 Å². The molecule has 0 spiro atoms. The summed E-state index contributed by atoms with van der Waals surface area (Å²) in [5, 5.41) is 10.8. The van der Waals surface area contributed by atoms with Crippen LogP contribution in [0.3, 0.4) is 0 Å². The average molecular weight is 180 g/mol. The molecule has 0 aliphatic carbocycles. The van der Waals surface area contributed by atoms with Gasteiger partial charge in [0.05, 0.1) is 0 Å². The second kappa shape index (κ2) is 4.45. The van der Waals surface area contributed by atoms with E-state index in [1.54, 1.807) is 6.20 Å². The molecule has 1 unspecified atom stereocenters. The molecule has 1 heterocycles. The lowest BCUT2D eigenvalue weighted by Crippen LogP contribution is -2.32. The first kappa shape index (κ1) is 9.51. The number of carboxylic acid groups (broad SMARTS) is 1. The Balaban J connectivity index is 2.45. The number of carbonyl (C=O) groups is 1. The fourth-order valence-corrected chi connectivity index (χ4v) is 1.09. The van der Waals surface area contributed by atoms with Gasteiger partial charge in [-0.2, -0.15) is 0 Å². The molecule has 0 aliphatic rings. The van der Waals surface area contributed by atoms with Crippen LogP contribution in [0.2, 0.25) is 0 Å². The smallest absolute Gasteiger partial charge is 0.404 e. The van der Waals surface area contributed by atoms with Crippen molar-refractivity contribution in [3.05, 3.63) is 30.1 Å². The van der Waals surface area contributed by atoms with Crippen molar-refractivity contribution in [2.45, 2.75) is 19.4 Å². The van der Waals surface area contributed by atoms with Crippen LogP contribution in [0, 0.1) is 0 Å². The van der Waals surface area contributed by atoms with Gasteiger partial charge in [-0.1, -0.05) is 6.07 Å². The quantitative estimate of drug-likeness (QED) is 0.736. The van der Waals surface area contributed by atoms with Gasteiger partial charge in [-0.25, -0.2) is 4.79 Å². The lowest BCUT2D eigenvalue weighted by molar-refractivity contribution is 0.190. The SMILES string of the molecule is CC(Cc1ccccn1)NC(=O)O. The van der Waals surface area contributed by atoms with Crippen molar-refractivity contribution >= 4 is 6.09 Å². The van der Waals surface area contributed by atoms with Crippen molar-refractivity contribution in [3.63, 3.8) is 0 Å². The van der Waals surface area contributed by atoms with Crippen LogP contribution in [-0.2, 0) is 6.42 Å². The molecule has 0 saturated carbocycles. The number of pyridine rings is 1. The molecule has 0 radical (unpaired) electrons. The third kappa shape index (κ3) is 3.55. The molecule has 1 amide bonds. The highest BCUT2D eigenvalue weighted by Gasteiger charge is 2.05. The topological polar surface area (TPSA) is 62.2 Å². The van der Waals surface area contributed by atoms with Gasteiger partial charge >= 0.3 is 6.09 Å². The van der Waals surface area contributed by atoms with Gasteiger partial charge in [-0.05, 0) is 19.1 Å². The van der Waals surface area contributed by atoms with Gasteiger partial charge in [0.15, 0.2) is 0 Å². The van der Waals surface area contributed by atoms with Gasteiger partial charge in [0.1, 0.15) is 0 Å². The monoisotopic (exact) mass is 180 g/mol. The van der Waals surface area contributed by atoms with E-state index in [1.165, 1.54) is 0 Å². The van der Waals surface area contributed by atoms with Gasteiger partial charge in [-0.15, -0.1) is 0 Å². The Hall–Kier alpha value is -1.58. The third-order valence-corrected chi connectivity index (χ3v) is 1.61. The number of hydrogen-bond acceptors (Lipinski definition) is 2. The van der Waals surface area contributed by atoms with E-state index >= 15 is 0 Å². The van der Waals surface area contributed by atoms with Crippen LogP contribution in [0.15, 0.2) is 24.4 Å². The first-order chi connectivity index (χ1) is 6.18. The van der Waals surface area contributed by atoms with Crippen LogP contribution >= 0.6 is 0 Å². The Morgan fingerprint density at radius 1 is 1.69 bits per heavy atom. The molecule has 0 aromatic carbocycles. The fraction of sp³-hybridized carbons (Fsp3) is 0.333. The van der Waals surface area contributed by atoms with Crippen LogP contribution in [-0.4, -0.2) is 22.2 Å². The molecular weight excluding hydrogens is 168 g/mol. The summed E-state index contributed by atoms with van der Waals surface area (Å²) in [5.41, 5.74) is 0.892. The van der Waals surface area contributed by atoms with Gasteiger partial charge in [-0.3, -0.25) is 4.98 Å². The minimum absolute atomic E-state index is 0.104. The first-order valence-electron chi connectivity index (χ1n) is 4.08. The molecule has 13 heavy (non-hydrogen) atoms. The number of amides is 1. The lowest BCUT2D eigenvalue weighted by Gasteiger charge is -2.09. The third-order valence-electron chi connectivity index (χ3n) is 1.61. The molecule has 0 fully saturated rings. The molecule has 4 heteroatoms. The number of hydrogen-bond donors (Lipinski definition) is 2. The summed E-state index contributed by atoms with van der Waals surface area (Å²) in [5.74, 6) is 0. The molecule has 4 nitrogen and oxygen atoms in total. The van der Waals surface area contributed by atoms with Crippen molar-refractivity contribution in [2.24, 2.45) is 0 Å². The Morgan fingerprint density at radius 2 is 2.46 bits per heavy atom. The number of nitrogens with one attached hydrogen (secondary N) is 1. The Kier molecular flexibility index (Phi) is 3.25. The molecular formula is C9H12N2O2. The number of rotatable bonds is 3. The summed E-state index contributed by atoms with van der Waals surface area (Å²) in [6.07, 6.45) is 1.32. The summed E-state index contributed by atoms with van der Waals surface area (Å²) in [7, 11) is 0. The zero-order valence-corrected chi connectivity index (χ0v) is 7.40. The minimum Gasteiger partial charge on any atom is -0.465 e. The number of nitrogens with zero attached hydrogens (tertiary/aromatic N) is 1. The summed E-state index contributed by atoms with van der Waals surface area (Å²) < 4.78 is 0. The Morgan fingerprint density at radius 3 is 3.00 bits per heavy atom. The molecule has 1 aromatic rings. The molecule has 70 valence electrons. The highest BCUT2D eigenvalue weighted by Crippen LogP contribution is 1.98. The van der Waals surface area contributed by atoms with Gasteiger partial charge in [0.25, 0.3) is 0 Å². The van der Waals surface area contributed by atoms with E-state index in [9.17, 15) is 4.79 Å². The molecule has 0 bridgehead atoms. The van der Waals surface area contributed by atoms with Crippen molar-refractivity contribution < 1.29 is 9.90 Å². The van der Waals surface area contributed by atoms with E-state index in [2.05, 4.69) is 10.3 Å². The van der Waals surface area contributed by atoms with E-state index in [0.717, 1.165) is 5.69 Å². The van der Waals surface area contributed by atoms with E-state index in [4.69, 9.17) is 5.11 Å². The standard InChI is InChI=1S/C9H12N2O2/c1-7(11-9(12)13)6-8-4-2-3-5-10-8/h2-5,7,11H,6H2,1H3,(H,12,13). The van der Waals surface area contributed by atoms with Crippen LogP contribution in [0.4, 0.5) is 4.79 Å². The normalized spacial score (nSPS) is 12.1. The van der Waals surface area contributed by atoms with Crippen LogP contribution in [0.1, 0.15) is 12.6 Å². The minimum atomic E-state index is -0.997. The van der Waals surface area contributed by atoms with Crippen LogP contribution < -0.4 is 5.32 Å². The van der Waals surface area contributed by atoms with Gasteiger partial charge in [0, 0.05) is 24.4 Å². The highest BCUT2D eigenvalue weighted by atomic mass is 16.4. The average Bonchev–Trinajstić information content (AvgIpc) is 2.04. The molecule has 1 atom stereocenters. The molecule has 0 saturated heterocycles. The van der Waals surface area contributed by atoms with Gasteiger partial charge < -0.3 is 10.4 Å². The van der Waals surface area contributed by atoms with Crippen molar-refractivity contribution in [3.8, 4) is 0 Å². The summed E-state index contributed by atoms with van der Waals surface area (Å²) in [6.45, 7) is 1.81. The van der Waals surface area contributed by atoms with Crippen LogP contribution in [0.5, 0.6) is 0 Å². The van der Waals surface area contributed by atoms with E-state index in [0.29, 0.717) is 6.42 Å². The largest absolute Gasteiger partial charge is 0.465 e. The second-order valence-electron chi connectivity index (χ2n) is 2.88. The second-order valence-corrected chi connectivity index (χ2v) is 2.88. The fourth-order valence-electron chi connectivity index (χ4n) is 1.09. The van der Waals surface area contributed by atoms with E-state index in [-0.39, 0.29) is 6.04 Å².